The molecule has 0 spiro atoms. The van der Waals surface area contributed by atoms with Gasteiger partial charge in [0.25, 0.3) is 0 Å². The standard InChI is InChI=1S/C18H25N3O2.C7H9N/c19-14-5-8-16(9-6-14)22-11-3-1-2-4-12-23-18-10-7-15(20)13-17(18)21;1-6-3-2-4-7(8)5-6/h5-10,13H,1-4,11-12,19-21H2;2-5H,8H2,1H3. The van der Waals surface area contributed by atoms with Crippen LogP contribution in [0.15, 0.2) is 66.7 Å². The summed E-state index contributed by atoms with van der Waals surface area (Å²) in [6.07, 6.45) is 4.22. The summed E-state index contributed by atoms with van der Waals surface area (Å²) in [5, 5.41) is 0. The number of aryl methyl sites for hydroxylation is 1. The molecular weight excluding hydrogens is 388 g/mol. The second-order valence-corrected chi connectivity index (χ2v) is 7.39. The van der Waals surface area contributed by atoms with Crippen LogP contribution in [0.3, 0.4) is 0 Å². The van der Waals surface area contributed by atoms with Crippen LogP contribution in [0.2, 0.25) is 0 Å². The van der Waals surface area contributed by atoms with E-state index < -0.39 is 0 Å². The van der Waals surface area contributed by atoms with Crippen LogP contribution in [0.1, 0.15) is 31.2 Å². The molecule has 0 aromatic heterocycles. The normalized spacial score (nSPS) is 10.1. The second kappa shape index (κ2) is 12.9. The molecule has 0 radical (unpaired) electrons. The number of hydrogen-bond donors (Lipinski definition) is 4. The third-order valence-corrected chi connectivity index (χ3v) is 4.52. The Bertz CT molecular complexity index is 896. The van der Waals surface area contributed by atoms with Gasteiger partial charge >= 0.3 is 0 Å². The smallest absolute Gasteiger partial charge is 0.142 e. The first-order valence-corrected chi connectivity index (χ1v) is 10.5. The lowest BCUT2D eigenvalue weighted by Gasteiger charge is -2.09. The Labute approximate surface area is 185 Å². The highest BCUT2D eigenvalue weighted by Crippen LogP contribution is 2.23. The number of rotatable bonds is 9. The van der Waals surface area contributed by atoms with Gasteiger partial charge in [-0.25, -0.2) is 0 Å². The quantitative estimate of drug-likeness (QED) is 0.283. The number of ether oxygens (including phenoxy) is 2. The monoisotopic (exact) mass is 422 g/mol. The molecule has 6 nitrogen and oxygen atoms in total. The van der Waals surface area contributed by atoms with Crippen molar-refractivity contribution in [3.05, 3.63) is 72.3 Å². The minimum Gasteiger partial charge on any atom is -0.494 e. The molecule has 0 fully saturated rings. The lowest BCUT2D eigenvalue weighted by atomic mass is 10.2. The predicted molar refractivity (Wildman–Crippen MR) is 131 cm³/mol. The van der Waals surface area contributed by atoms with Crippen LogP contribution in [0.5, 0.6) is 11.5 Å². The van der Waals surface area contributed by atoms with Gasteiger partial charge in [-0.15, -0.1) is 0 Å². The maximum Gasteiger partial charge on any atom is 0.142 e. The fourth-order valence-electron chi connectivity index (χ4n) is 2.86. The molecule has 166 valence electrons. The van der Waals surface area contributed by atoms with Gasteiger partial charge in [0.1, 0.15) is 11.5 Å². The molecule has 0 saturated heterocycles. The largest absolute Gasteiger partial charge is 0.494 e. The Hall–Kier alpha value is -3.54. The van der Waals surface area contributed by atoms with E-state index in [2.05, 4.69) is 0 Å². The average Bonchev–Trinajstić information content (AvgIpc) is 2.73. The van der Waals surface area contributed by atoms with Gasteiger partial charge in [0.2, 0.25) is 0 Å². The van der Waals surface area contributed by atoms with Gasteiger partial charge in [-0.05, 0) is 92.8 Å². The number of nitrogen functional groups attached to an aromatic ring is 4. The average molecular weight is 423 g/mol. The van der Waals surface area contributed by atoms with E-state index in [0.717, 1.165) is 49.4 Å². The molecule has 3 rings (SSSR count). The molecule has 0 bridgehead atoms. The van der Waals surface area contributed by atoms with E-state index in [1.807, 2.05) is 61.5 Å². The maximum atomic E-state index is 5.84. The van der Waals surface area contributed by atoms with Crippen LogP contribution >= 0.6 is 0 Å². The molecule has 0 aliphatic carbocycles. The fraction of sp³-hybridized carbons (Fsp3) is 0.280. The number of nitrogens with two attached hydrogens (primary N) is 4. The van der Waals surface area contributed by atoms with Crippen LogP contribution in [0.4, 0.5) is 22.7 Å². The van der Waals surface area contributed by atoms with Crippen molar-refractivity contribution in [2.45, 2.75) is 32.6 Å². The molecule has 8 N–H and O–H groups in total. The number of benzene rings is 3. The van der Waals surface area contributed by atoms with Crippen molar-refractivity contribution in [1.82, 2.24) is 0 Å². The summed E-state index contributed by atoms with van der Waals surface area (Å²) in [5.74, 6) is 1.56. The maximum absolute atomic E-state index is 5.84. The van der Waals surface area contributed by atoms with Gasteiger partial charge < -0.3 is 32.4 Å². The number of unbranched alkanes of at least 4 members (excludes halogenated alkanes) is 3. The van der Waals surface area contributed by atoms with Gasteiger partial charge in [0, 0.05) is 17.1 Å². The summed E-state index contributed by atoms with van der Waals surface area (Å²) in [6, 6.07) is 20.6. The lowest BCUT2D eigenvalue weighted by Crippen LogP contribution is -2.02. The van der Waals surface area contributed by atoms with Crippen molar-refractivity contribution in [3.8, 4) is 11.5 Å². The lowest BCUT2D eigenvalue weighted by molar-refractivity contribution is 0.288. The van der Waals surface area contributed by atoms with Gasteiger partial charge in [-0.3, -0.25) is 0 Å². The van der Waals surface area contributed by atoms with Gasteiger partial charge in [-0.1, -0.05) is 12.1 Å². The molecule has 0 atom stereocenters. The number of hydrogen-bond acceptors (Lipinski definition) is 6. The summed E-state index contributed by atoms with van der Waals surface area (Å²) in [7, 11) is 0. The van der Waals surface area contributed by atoms with E-state index in [4.69, 9.17) is 32.4 Å². The van der Waals surface area contributed by atoms with Crippen molar-refractivity contribution in [2.75, 3.05) is 36.1 Å². The first-order chi connectivity index (χ1) is 14.9. The summed E-state index contributed by atoms with van der Waals surface area (Å²) >= 11 is 0. The first kappa shape index (κ1) is 23.7. The third kappa shape index (κ3) is 9.67. The first-order valence-electron chi connectivity index (χ1n) is 10.5. The van der Waals surface area contributed by atoms with Crippen LogP contribution in [0.25, 0.3) is 0 Å². The zero-order chi connectivity index (χ0) is 22.5. The van der Waals surface area contributed by atoms with Crippen molar-refractivity contribution < 1.29 is 9.47 Å². The molecule has 31 heavy (non-hydrogen) atoms. The number of anilines is 4. The fourth-order valence-corrected chi connectivity index (χ4v) is 2.86. The van der Waals surface area contributed by atoms with E-state index >= 15 is 0 Å². The second-order valence-electron chi connectivity index (χ2n) is 7.39. The molecule has 0 unspecified atom stereocenters. The van der Waals surface area contributed by atoms with Crippen molar-refractivity contribution >= 4 is 22.7 Å². The van der Waals surface area contributed by atoms with Crippen LogP contribution < -0.4 is 32.4 Å². The highest BCUT2D eigenvalue weighted by Gasteiger charge is 2.00. The molecule has 0 saturated carbocycles. The van der Waals surface area contributed by atoms with E-state index in [1.54, 1.807) is 12.1 Å². The van der Waals surface area contributed by atoms with Crippen LogP contribution in [-0.2, 0) is 0 Å². The van der Waals surface area contributed by atoms with Gasteiger partial charge in [0.05, 0.1) is 18.9 Å². The summed E-state index contributed by atoms with van der Waals surface area (Å²) in [5.41, 5.74) is 26.6. The molecule has 0 aliphatic rings. The zero-order valence-corrected chi connectivity index (χ0v) is 18.2. The van der Waals surface area contributed by atoms with E-state index in [-0.39, 0.29) is 0 Å². The predicted octanol–water partition coefficient (Wildman–Crippen LogP) is 5.03. The highest BCUT2D eigenvalue weighted by atomic mass is 16.5. The van der Waals surface area contributed by atoms with Crippen LogP contribution in [-0.4, -0.2) is 13.2 Å². The van der Waals surface area contributed by atoms with Crippen molar-refractivity contribution in [3.63, 3.8) is 0 Å². The molecule has 0 heterocycles. The van der Waals surface area contributed by atoms with Gasteiger partial charge in [-0.2, -0.15) is 0 Å². The van der Waals surface area contributed by atoms with Crippen molar-refractivity contribution in [2.24, 2.45) is 0 Å². The molecule has 0 aliphatic heterocycles. The Morgan fingerprint density at radius 1 is 0.613 bits per heavy atom. The SMILES string of the molecule is Cc1cccc(N)c1.Nc1ccc(OCCCCCCOc2ccc(N)cc2N)cc1. The van der Waals surface area contributed by atoms with Gasteiger partial charge in [0.15, 0.2) is 0 Å². The molecule has 0 amide bonds. The zero-order valence-electron chi connectivity index (χ0n) is 18.2. The Morgan fingerprint density at radius 2 is 1.23 bits per heavy atom. The highest BCUT2D eigenvalue weighted by molar-refractivity contribution is 5.60. The van der Waals surface area contributed by atoms with E-state index in [9.17, 15) is 0 Å². The van der Waals surface area contributed by atoms with E-state index in [0.29, 0.717) is 23.7 Å². The Morgan fingerprint density at radius 3 is 1.81 bits per heavy atom. The Balaban J connectivity index is 0.000000357. The van der Waals surface area contributed by atoms with Crippen molar-refractivity contribution in [1.29, 1.82) is 0 Å². The molecule has 6 heteroatoms. The summed E-state index contributed by atoms with van der Waals surface area (Å²) in [6.45, 7) is 3.40. The minimum absolute atomic E-state index is 0.585. The molecule has 3 aromatic rings. The summed E-state index contributed by atoms with van der Waals surface area (Å²) in [4.78, 5) is 0. The third-order valence-electron chi connectivity index (χ3n) is 4.52. The molecule has 3 aromatic carbocycles. The molecular formula is C25H34N4O2. The summed E-state index contributed by atoms with van der Waals surface area (Å²) < 4.78 is 11.3. The van der Waals surface area contributed by atoms with Crippen LogP contribution in [0, 0.1) is 6.92 Å². The topological polar surface area (TPSA) is 123 Å². The minimum atomic E-state index is 0.585. The Kier molecular flexibility index (Phi) is 9.88. The van der Waals surface area contributed by atoms with E-state index in [1.165, 1.54) is 5.56 Å².